The number of ether oxygens (including phenoxy) is 1. The second kappa shape index (κ2) is 9.40. The van der Waals surface area contributed by atoms with Crippen LogP contribution in [-0.4, -0.2) is 34.2 Å². The molecular weight excluding hydrogens is 454 g/mol. The Balaban J connectivity index is 1.45. The number of likely N-dealkylation sites (tertiary alicyclic amines) is 1. The molecule has 1 aliphatic heterocycles. The van der Waals surface area contributed by atoms with Gasteiger partial charge in [-0.2, -0.15) is 0 Å². The van der Waals surface area contributed by atoms with Crippen LogP contribution in [0.2, 0.25) is 0 Å². The minimum Gasteiger partial charge on any atom is -0.480 e. The van der Waals surface area contributed by atoms with Gasteiger partial charge in [0.15, 0.2) is 6.10 Å². The van der Waals surface area contributed by atoms with Gasteiger partial charge < -0.3 is 19.2 Å². The summed E-state index contributed by atoms with van der Waals surface area (Å²) in [6.45, 7) is 7.78. The maximum atomic E-state index is 13.8. The maximum Gasteiger partial charge on any atom is 0.339 e. The summed E-state index contributed by atoms with van der Waals surface area (Å²) in [5.74, 6) is 0.427. The highest BCUT2D eigenvalue weighted by molar-refractivity contribution is 5.86. The van der Waals surface area contributed by atoms with Gasteiger partial charge in [0.2, 0.25) is 0 Å². The lowest BCUT2D eigenvalue weighted by Gasteiger charge is -2.53. The molecule has 0 spiro atoms. The monoisotopic (exact) mass is 489 g/mol. The van der Waals surface area contributed by atoms with Crippen LogP contribution >= 0.6 is 0 Å². The molecule has 0 unspecified atom stereocenters. The minimum absolute atomic E-state index is 0.00134. The second-order valence-corrected chi connectivity index (χ2v) is 10.6. The summed E-state index contributed by atoms with van der Waals surface area (Å²) in [6.07, 6.45) is 3.62. The van der Waals surface area contributed by atoms with Crippen molar-refractivity contribution in [3.8, 4) is 5.75 Å². The van der Waals surface area contributed by atoms with Crippen molar-refractivity contribution >= 4 is 16.9 Å². The Hall–Kier alpha value is -3.12. The van der Waals surface area contributed by atoms with Gasteiger partial charge in [-0.1, -0.05) is 43.2 Å². The summed E-state index contributed by atoms with van der Waals surface area (Å²) in [5.41, 5.74) is 2.64. The number of aryl methyl sites for hydroxylation is 2. The molecule has 2 fully saturated rings. The van der Waals surface area contributed by atoms with E-state index in [1.54, 1.807) is 13.8 Å². The zero-order valence-corrected chi connectivity index (χ0v) is 21.5. The number of fused-ring (bicyclic) bond motifs is 2. The zero-order valence-electron chi connectivity index (χ0n) is 21.5. The molecule has 5 rings (SSSR count). The largest absolute Gasteiger partial charge is 0.480 e. The van der Waals surface area contributed by atoms with E-state index in [0.717, 1.165) is 42.2 Å². The molecule has 0 bridgehead atoms. The molecule has 1 saturated carbocycles. The Bertz CT molecular complexity index is 1350. The summed E-state index contributed by atoms with van der Waals surface area (Å²) < 4.78 is 11.8. The molecule has 2 aliphatic rings. The fourth-order valence-electron chi connectivity index (χ4n) is 6.22. The van der Waals surface area contributed by atoms with E-state index in [1.807, 2.05) is 49.1 Å². The van der Waals surface area contributed by atoms with Crippen molar-refractivity contribution in [3.63, 3.8) is 0 Å². The van der Waals surface area contributed by atoms with Crippen molar-refractivity contribution in [1.29, 1.82) is 0 Å². The highest BCUT2D eigenvalue weighted by atomic mass is 16.5. The van der Waals surface area contributed by atoms with Gasteiger partial charge in [0, 0.05) is 29.0 Å². The standard InChI is InChI=1S/C30H35NO5/c1-18-19(2)29(33)36-27-20(3)25(14-13-23(18)27)35-21(4)28(32)31-17-16-30(34)15-9-8-12-24(30)26(31)22-10-6-5-7-11-22/h5-7,10-11,13-14,21,24,26,34H,8-9,12,15-17H2,1-4H3/t21-,24+,26-,30-/m0/s1. The first kappa shape index (κ1) is 24.6. The number of nitrogens with zero attached hydrogens (tertiary/aromatic N) is 1. The molecule has 190 valence electrons. The molecule has 1 amide bonds. The number of rotatable bonds is 4. The predicted molar refractivity (Wildman–Crippen MR) is 139 cm³/mol. The number of hydrogen-bond donors (Lipinski definition) is 1. The minimum atomic E-state index is -0.736. The van der Waals surface area contributed by atoms with E-state index in [9.17, 15) is 14.7 Å². The molecule has 0 radical (unpaired) electrons. The molecule has 36 heavy (non-hydrogen) atoms. The van der Waals surface area contributed by atoms with E-state index >= 15 is 0 Å². The molecule has 4 atom stereocenters. The third-order valence-electron chi connectivity index (χ3n) is 8.47. The maximum absolute atomic E-state index is 13.8. The molecule has 2 aromatic carbocycles. The van der Waals surface area contributed by atoms with Crippen LogP contribution in [0.1, 0.15) is 67.3 Å². The molecule has 1 N–H and O–H groups in total. The van der Waals surface area contributed by atoms with Crippen LogP contribution in [0.15, 0.2) is 51.7 Å². The third-order valence-corrected chi connectivity index (χ3v) is 8.47. The first-order valence-electron chi connectivity index (χ1n) is 13.0. The van der Waals surface area contributed by atoms with Crippen molar-refractivity contribution in [2.45, 2.75) is 77.5 Å². The van der Waals surface area contributed by atoms with Gasteiger partial charge in [0.1, 0.15) is 11.3 Å². The van der Waals surface area contributed by atoms with E-state index in [2.05, 4.69) is 12.1 Å². The van der Waals surface area contributed by atoms with Crippen molar-refractivity contribution in [2.24, 2.45) is 5.92 Å². The van der Waals surface area contributed by atoms with Crippen molar-refractivity contribution < 1.29 is 19.1 Å². The molecule has 2 heterocycles. The zero-order chi connectivity index (χ0) is 25.6. The van der Waals surface area contributed by atoms with Gasteiger partial charge >= 0.3 is 5.63 Å². The predicted octanol–water partition coefficient (Wildman–Crippen LogP) is 5.38. The summed E-state index contributed by atoms with van der Waals surface area (Å²) in [7, 11) is 0. The van der Waals surface area contributed by atoms with Crippen LogP contribution in [0.3, 0.4) is 0 Å². The first-order valence-corrected chi connectivity index (χ1v) is 13.0. The molecule has 1 saturated heterocycles. The summed E-state index contributed by atoms with van der Waals surface area (Å²) >= 11 is 0. The topological polar surface area (TPSA) is 80.0 Å². The van der Waals surface area contributed by atoms with Crippen molar-refractivity contribution in [2.75, 3.05) is 6.54 Å². The second-order valence-electron chi connectivity index (χ2n) is 10.6. The normalized spacial score (nSPS) is 24.9. The SMILES string of the molecule is Cc1c(C)c2ccc(O[C@@H](C)C(=O)N3CC[C@@]4(O)CCCC[C@@H]4[C@@H]3c3ccccc3)c(C)c2oc1=O. The first-order chi connectivity index (χ1) is 17.2. The number of carbonyl (C=O) groups excluding carboxylic acids is 1. The third kappa shape index (κ3) is 4.11. The van der Waals surface area contributed by atoms with Gasteiger partial charge in [-0.3, -0.25) is 4.79 Å². The summed E-state index contributed by atoms with van der Waals surface area (Å²) in [5, 5.41) is 12.4. The molecule has 3 aromatic rings. The fraction of sp³-hybridized carbons (Fsp3) is 0.467. The van der Waals surface area contributed by atoms with Crippen LogP contribution in [-0.2, 0) is 4.79 Å². The lowest BCUT2D eigenvalue weighted by atomic mass is 9.66. The summed E-state index contributed by atoms with van der Waals surface area (Å²) in [4.78, 5) is 28.0. The molecule has 6 heteroatoms. The average Bonchev–Trinajstić information content (AvgIpc) is 2.88. The lowest BCUT2D eigenvalue weighted by Crippen LogP contribution is -2.58. The van der Waals surface area contributed by atoms with E-state index < -0.39 is 11.7 Å². The molecule has 6 nitrogen and oxygen atoms in total. The van der Waals surface area contributed by atoms with Gasteiger partial charge in [0.25, 0.3) is 5.91 Å². The average molecular weight is 490 g/mol. The Labute approximate surface area is 211 Å². The van der Waals surface area contributed by atoms with Gasteiger partial charge in [0.05, 0.1) is 11.6 Å². The Morgan fingerprint density at radius 3 is 2.56 bits per heavy atom. The Morgan fingerprint density at radius 1 is 1.06 bits per heavy atom. The summed E-state index contributed by atoms with van der Waals surface area (Å²) in [6, 6.07) is 13.6. The smallest absolute Gasteiger partial charge is 0.339 e. The molecule has 1 aliphatic carbocycles. The van der Waals surface area contributed by atoms with Gasteiger partial charge in [-0.05, 0) is 70.2 Å². The fourth-order valence-corrected chi connectivity index (χ4v) is 6.22. The van der Waals surface area contributed by atoms with Crippen LogP contribution < -0.4 is 10.4 Å². The molecule has 1 aromatic heterocycles. The van der Waals surface area contributed by atoms with Crippen molar-refractivity contribution in [3.05, 3.63) is 75.1 Å². The number of aliphatic hydroxyl groups is 1. The van der Waals surface area contributed by atoms with Crippen LogP contribution in [0.5, 0.6) is 5.75 Å². The van der Waals surface area contributed by atoms with Crippen molar-refractivity contribution in [1.82, 2.24) is 4.90 Å². The van der Waals surface area contributed by atoms with E-state index in [4.69, 9.17) is 9.15 Å². The van der Waals surface area contributed by atoms with Gasteiger partial charge in [-0.15, -0.1) is 0 Å². The highest BCUT2D eigenvalue weighted by Gasteiger charge is 2.50. The van der Waals surface area contributed by atoms with Crippen LogP contribution in [0.4, 0.5) is 0 Å². The number of benzene rings is 2. The number of carbonyl (C=O) groups is 1. The lowest BCUT2D eigenvalue weighted by molar-refractivity contribution is -0.161. The Kier molecular flexibility index (Phi) is 6.41. The Morgan fingerprint density at radius 2 is 1.81 bits per heavy atom. The number of piperidine rings is 1. The van der Waals surface area contributed by atoms with E-state index in [-0.39, 0.29) is 23.5 Å². The van der Waals surface area contributed by atoms with E-state index in [0.29, 0.717) is 35.4 Å². The van der Waals surface area contributed by atoms with Crippen LogP contribution in [0.25, 0.3) is 11.0 Å². The van der Waals surface area contributed by atoms with Gasteiger partial charge in [-0.25, -0.2) is 4.79 Å². The number of hydrogen-bond acceptors (Lipinski definition) is 5. The number of amides is 1. The highest BCUT2D eigenvalue weighted by Crippen LogP contribution is 2.49. The van der Waals surface area contributed by atoms with E-state index in [1.165, 1.54) is 0 Å². The van der Waals surface area contributed by atoms with Crippen LogP contribution in [0, 0.1) is 26.7 Å². The quantitative estimate of drug-likeness (QED) is 0.498. The molecular formula is C30H35NO5.